The van der Waals surface area contributed by atoms with Crippen molar-refractivity contribution in [1.82, 2.24) is 4.90 Å². The van der Waals surface area contributed by atoms with E-state index in [1.54, 1.807) is 30.3 Å². The maximum absolute atomic E-state index is 12.6. The van der Waals surface area contributed by atoms with Gasteiger partial charge >= 0.3 is 12.3 Å². The van der Waals surface area contributed by atoms with Crippen molar-refractivity contribution in [3.8, 4) is 0 Å². The Kier molecular flexibility index (Phi) is 6.02. The van der Waals surface area contributed by atoms with Gasteiger partial charge in [0.15, 0.2) is 0 Å². The normalized spacial score (nSPS) is 14.5. The molecule has 7 heteroatoms. The van der Waals surface area contributed by atoms with Gasteiger partial charge in [-0.2, -0.15) is 13.2 Å². The summed E-state index contributed by atoms with van der Waals surface area (Å²) in [6.07, 6.45) is -6.24. The van der Waals surface area contributed by atoms with Crippen molar-refractivity contribution in [2.24, 2.45) is 5.92 Å². The third-order valence-electron chi connectivity index (χ3n) is 3.28. The summed E-state index contributed by atoms with van der Waals surface area (Å²) in [4.78, 5) is 12.1. The molecule has 0 bridgehead atoms. The highest BCUT2D eigenvalue weighted by Gasteiger charge is 2.39. The number of hydrogen-bond acceptors (Lipinski definition) is 2. The maximum atomic E-state index is 12.6. The van der Waals surface area contributed by atoms with Gasteiger partial charge in [0.25, 0.3) is 0 Å². The van der Waals surface area contributed by atoms with E-state index in [-0.39, 0.29) is 6.54 Å². The number of nitrogens with zero attached hydrogens (tertiary/aromatic N) is 1. The lowest BCUT2D eigenvalue weighted by molar-refractivity contribution is -0.175. The van der Waals surface area contributed by atoms with Crippen LogP contribution in [0.3, 0.4) is 0 Å². The fraction of sp³-hybridized carbons (Fsp3) is 0.500. The van der Waals surface area contributed by atoms with Gasteiger partial charge in [0.2, 0.25) is 0 Å². The lowest BCUT2D eigenvalue weighted by atomic mass is 10.00. The average Bonchev–Trinajstić information content (AvgIpc) is 2.42. The molecule has 0 radical (unpaired) electrons. The molecule has 118 valence electrons. The van der Waals surface area contributed by atoms with E-state index in [9.17, 15) is 28.2 Å². The number of carbonyl (C=O) groups is 1. The second-order valence-corrected chi connectivity index (χ2v) is 4.91. The predicted octanol–water partition coefficient (Wildman–Crippen LogP) is 3.12. The average molecular weight is 305 g/mol. The first-order valence-electron chi connectivity index (χ1n) is 6.46. The van der Waals surface area contributed by atoms with Gasteiger partial charge in [-0.1, -0.05) is 37.3 Å². The van der Waals surface area contributed by atoms with Crippen LogP contribution >= 0.6 is 0 Å². The van der Waals surface area contributed by atoms with Gasteiger partial charge in [0.1, 0.15) is 0 Å². The van der Waals surface area contributed by atoms with Crippen LogP contribution in [0.25, 0.3) is 0 Å². The van der Waals surface area contributed by atoms with Crippen LogP contribution in [0, 0.1) is 5.92 Å². The highest BCUT2D eigenvalue weighted by atomic mass is 19.4. The van der Waals surface area contributed by atoms with E-state index in [1.807, 2.05) is 0 Å². The predicted molar refractivity (Wildman–Crippen MR) is 70.7 cm³/mol. The molecule has 0 saturated carbocycles. The quantitative estimate of drug-likeness (QED) is 0.849. The number of hydrogen-bond donors (Lipinski definition) is 2. The number of amides is 1. The number of halogens is 3. The molecule has 0 aliphatic heterocycles. The zero-order valence-electron chi connectivity index (χ0n) is 11.5. The van der Waals surface area contributed by atoms with Crippen molar-refractivity contribution in [2.75, 3.05) is 6.61 Å². The molecule has 0 spiro atoms. The van der Waals surface area contributed by atoms with E-state index in [0.717, 1.165) is 11.8 Å². The van der Waals surface area contributed by atoms with Crippen molar-refractivity contribution >= 4 is 6.09 Å². The number of rotatable bonds is 6. The summed E-state index contributed by atoms with van der Waals surface area (Å²) in [7, 11) is 0. The highest BCUT2D eigenvalue weighted by molar-refractivity contribution is 5.65. The molecule has 1 aromatic carbocycles. The molecule has 2 N–H and O–H groups in total. The van der Waals surface area contributed by atoms with Crippen LogP contribution < -0.4 is 0 Å². The molecule has 0 fully saturated rings. The van der Waals surface area contributed by atoms with Crippen LogP contribution in [-0.4, -0.2) is 40.0 Å². The summed E-state index contributed by atoms with van der Waals surface area (Å²) >= 11 is 0. The first-order chi connectivity index (χ1) is 9.75. The monoisotopic (exact) mass is 305 g/mol. The van der Waals surface area contributed by atoms with Gasteiger partial charge in [0, 0.05) is 6.54 Å². The van der Waals surface area contributed by atoms with E-state index in [2.05, 4.69) is 0 Å². The number of benzene rings is 1. The molecular formula is C14H18F3NO3. The van der Waals surface area contributed by atoms with Crippen molar-refractivity contribution in [3.63, 3.8) is 0 Å². The van der Waals surface area contributed by atoms with Gasteiger partial charge in [-0.15, -0.1) is 0 Å². The molecule has 0 unspecified atom stereocenters. The molecule has 0 saturated heterocycles. The largest absolute Gasteiger partial charge is 0.465 e. The van der Waals surface area contributed by atoms with Gasteiger partial charge < -0.3 is 10.2 Å². The van der Waals surface area contributed by atoms with Crippen LogP contribution in [-0.2, 0) is 6.54 Å². The first kappa shape index (κ1) is 17.3. The molecule has 1 amide bonds. The Hall–Kier alpha value is -1.76. The van der Waals surface area contributed by atoms with Crippen LogP contribution in [0.4, 0.5) is 18.0 Å². The standard InChI is InChI=1S/C14H18F3NO3/c1-10(14(15,16)17)7-12(9-19)18(13(20)21)8-11-5-3-2-4-6-11/h2-6,10,12,19H,7-9H2,1H3,(H,20,21)/t10-,12-/m0/s1. The SMILES string of the molecule is C[C@@H](C[C@@H](CO)N(Cc1ccccc1)C(=O)O)C(F)(F)F. The topological polar surface area (TPSA) is 60.8 Å². The summed E-state index contributed by atoms with van der Waals surface area (Å²) < 4.78 is 37.8. The van der Waals surface area contributed by atoms with E-state index < -0.39 is 37.3 Å². The Morgan fingerprint density at radius 1 is 1.29 bits per heavy atom. The number of alkyl halides is 3. The minimum atomic E-state index is -4.41. The summed E-state index contributed by atoms with van der Waals surface area (Å²) in [6.45, 7) is 0.261. The highest BCUT2D eigenvalue weighted by Crippen LogP contribution is 2.30. The second kappa shape index (κ2) is 7.31. The molecule has 21 heavy (non-hydrogen) atoms. The van der Waals surface area contributed by atoms with Crippen molar-refractivity contribution < 1.29 is 28.2 Å². The summed E-state index contributed by atoms with van der Waals surface area (Å²) in [6, 6.07) is 7.43. The Morgan fingerprint density at radius 2 is 1.86 bits per heavy atom. The van der Waals surface area contributed by atoms with E-state index in [0.29, 0.717) is 5.56 Å². The summed E-state index contributed by atoms with van der Waals surface area (Å²) in [5, 5.41) is 18.5. The molecule has 0 aliphatic carbocycles. The minimum absolute atomic E-state index is 0.0635. The van der Waals surface area contributed by atoms with Gasteiger partial charge in [0.05, 0.1) is 18.6 Å². The third kappa shape index (κ3) is 5.26. The lowest BCUT2D eigenvalue weighted by Gasteiger charge is -2.30. The molecule has 0 heterocycles. The number of carboxylic acid groups (broad SMARTS) is 1. The summed E-state index contributed by atoms with van der Waals surface area (Å²) in [5.41, 5.74) is 0.651. The van der Waals surface area contributed by atoms with E-state index in [1.165, 1.54) is 0 Å². The fourth-order valence-corrected chi connectivity index (χ4v) is 1.98. The molecule has 1 rings (SSSR count). The molecule has 4 nitrogen and oxygen atoms in total. The van der Waals surface area contributed by atoms with Crippen LogP contribution in [0.5, 0.6) is 0 Å². The van der Waals surface area contributed by atoms with E-state index >= 15 is 0 Å². The second-order valence-electron chi connectivity index (χ2n) is 4.91. The Labute approximate surface area is 120 Å². The molecule has 2 atom stereocenters. The zero-order valence-corrected chi connectivity index (χ0v) is 11.5. The smallest absolute Gasteiger partial charge is 0.407 e. The molecule has 0 aliphatic rings. The molecule has 1 aromatic rings. The number of aliphatic hydroxyl groups is 1. The lowest BCUT2D eigenvalue weighted by Crippen LogP contribution is -2.43. The van der Waals surface area contributed by atoms with Crippen LogP contribution in [0.15, 0.2) is 30.3 Å². The first-order valence-corrected chi connectivity index (χ1v) is 6.46. The number of aliphatic hydroxyl groups excluding tert-OH is 1. The van der Waals surface area contributed by atoms with Gasteiger partial charge in [-0.05, 0) is 12.0 Å². The van der Waals surface area contributed by atoms with Gasteiger partial charge in [-0.3, -0.25) is 4.90 Å². The maximum Gasteiger partial charge on any atom is 0.407 e. The third-order valence-corrected chi connectivity index (χ3v) is 3.28. The minimum Gasteiger partial charge on any atom is -0.465 e. The van der Waals surface area contributed by atoms with E-state index in [4.69, 9.17) is 0 Å². The Bertz CT molecular complexity index is 451. The van der Waals surface area contributed by atoms with Crippen molar-refractivity contribution in [1.29, 1.82) is 0 Å². The van der Waals surface area contributed by atoms with Crippen LogP contribution in [0.1, 0.15) is 18.9 Å². The fourth-order valence-electron chi connectivity index (χ4n) is 1.98. The molecular weight excluding hydrogens is 287 g/mol. The van der Waals surface area contributed by atoms with Gasteiger partial charge in [-0.25, -0.2) is 4.79 Å². The molecule has 0 aromatic heterocycles. The van der Waals surface area contributed by atoms with Crippen LogP contribution in [0.2, 0.25) is 0 Å². The van der Waals surface area contributed by atoms with Crippen molar-refractivity contribution in [3.05, 3.63) is 35.9 Å². The van der Waals surface area contributed by atoms with Crippen molar-refractivity contribution in [2.45, 2.75) is 32.1 Å². The Morgan fingerprint density at radius 3 is 2.29 bits per heavy atom. The summed E-state index contributed by atoms with van der Waals surface area (Å²) in [5.74, 6) is -1.69. The zero-order chi connectivity index (χ0) is 16.0. The Balaban J connectivity index is 2.84.